The fourth-order valence-corrected chi connectivity index (χ4v) is 3.16. The molecule has 0 spiro atoms. The molecule has 6 heteroatoms. The molecule has 98 valence electrons. The number of sulfone groups is 1. The molecule has 0 radical (unpaired) electrons. The van der Waals surface area contributed by atoms with Crippen LogP contribution in [0.5, 0.6) is 0 Å². The number of rotatable bonds is 2. The summed E-state index contributed by atoms with van der Waals surface area (Å²) < 4.78 is 38.3. The normalized spacial score (nSPS) is 10.6. The molecule has 0 aromatic heterocycles. The Morgan fingerprint density at radius 3 is 2.35 bits per heavy atom. The summed E-state index contributed by atoms with van der Waals surface area (Å²) in [5.41, 5.74) is -0.365. The van der Waals surface area contributed by atoms with E-state index in [4.69, 9.17) is 10.5 Å². The highest BCUT2D eigenvalue weighted by molar-refractivity contribution is 7.91. The molecule has 0 unspecified atom stereocenters. The smallest absolute Gasteiger partial charge is 0.208 e. The molecule has 0 bridgehead atoms. The number of benzene rings is 2. The lowest BCUT2D eigenvalue weighted by Crippen LogP contribution is -2.06. The van der Waals surface area contributed by atoms with E-state index in [-0.39, 0.29) is 10.5 Å². The summed E-state index contributed by atoms with van der Waals surface area (Å²) in [4.78, 5) is -0.561. The molecule has 2 aromatic carbocycles. The lowest BCUT2D eigenvalue weighted by atomic mass is 10.2. The summed E-state index contributed by atoms with van der Waals surface area (Å²) in [6.07, 6.45) is 0. The zero-order valence-corrected chi connectivity index (χ0v) is 10.9. The van der Waals surface area contributed by atoms with E-state index in [1.807, 2.05) is 6.07 Å². The van der Waals surface area contributed by atoms with Crippen LogP contribution in [-0.4, -0.2) is 8.42 Å². The molecule has 0 aliphatic rings. The molecular weight excluding hydrogens is 279 g/mol. The molecule has 0 aliphatic carbocycles. The van der Waals surface area contributed by atoms with Gasteiger partial charge in [-0.15, -0.1) is 0 Å². The minimum Gasteiger partial charge on any atom is -0.218 e. The Kier molecular flexibility index (Phi) is 3.51. The van der Waals surface area contributed by atoms with Crippen molar-refractivity contribution in [2.24, 2.45) is 0 Å². The zero-order chi connectivity index (χ0) is 14.8. The maximum atomic E-state index is 13.5. The quantitative estimate of drug-likeness (QED) is 0.848. The molecule has 0 saturated heterocycles. The van der Waals surface area contributed by atoms with Gasteiger partial charge in [0.2, 0.25) is 9.84 Å². The van der Waals surface area contributed by atoms with E-state index < -0.39 is 26.1 Å². The number of hydrogen-bond donors (Lipinski definition) is 0. The Balaban J connectivity index is 2.72. The topological polar surface area (TPSA) is 81.7 Å². The van der Waals surface area contributed by atoms with E-state index in [1.54, 1.807) is 6.07 Å². The van der Waals surface area contributed by atoms with Crippen LogP contribution in [0.25, 0.3) is 0 Å². The highest BCUT2D eigenvalue weighted by atomic mass is 32.2. The highest BCUT2D eigenvalue weighted by Crippen LogP contribution is 2.25. The second-order valence-electron chi connectivity index (χ2n) is 3.87. The molecule has 2 rings (SSSR count). The molecule has 0 saturated carbocycles. The van der Waals surface area contributed by atoms with Gasteiger partial charge in [-0.1, -0.05) is 12.1 Å². The van der Waals surface area contributed by atoms with Crippen LogP contribution in [0.4, 0.5) is 4.39 Å². The van der Waals surface area contributed by atoms with Crippen molar-refractivity contribution in [1.82, 2.24) is 0 Å². The SMILES string of the molecule is N#Cc1cccc(S(=O)(=O)c2cccc(F)c2C#N)c1. The van der Waals surface area contributed by atoms with Crippen molar-refractivity contribution < 1.29 is 12.8 Å². The van der Waals surface area contributed by atoms with Crippen LogP contribution >= 0.6 is 0 Å². The molecule has 2 aromatic rings. The number of halogens is 1. The van der Waals surface area contributed by atoms with E-state index in [1.165, 1.54) is 30.3 Å². The van der Waals surface area contributed by atoms with Crippen molar-refractivity contribution in [2.75, 3.05) is 0 Å². The molecule has 20 heavy (non-hydrogen) atoms. The van der Waals surface area contributed by atoms with Crippen molar-refractivity contribution in [2.45, 2.75) is 9.79 Å². The Bertz CT molecular complexity index is 861. The second kappa shape index (κ2) is 5.12. The van der Waals surface area contributed by atoms with E-state index in [2.05, 4.69) is 0 Å². The maximum Gasteiger partial charge on any atom is 0.208 e. The van der Waals surface area contributed by atoms with Crippen molar-refractivity contribution in [1.29, 1.82) is 10.5 Å². The first kappa shape index (κ1) is 13.7. The van der Waals surface area contributed by atoms with Crippen molar-refractivity contribution in [3.8, 4) is 12.1 Å². The van der Waals surface area contributed by atoms with Crippen molar-refractivity contribution in [3.05, 3.63) is 59.4 Å². The van der Waals surface area contributed by atoms with E-state index >= 15 is 0 Å². The van der Waals surface area contributed by atoms with Crippen LogP contribution in [0.2, 0.25) is 0 Å². The number of hydrogen-bond acceptors (Lipinski definition) is 4. The fourth-order valence-electron chi connectivity index (χ4n) is 1.70. The van der Waals surface area contributed by atoms with Gasteiger partial charge in [0.25, 0.3) is 0 Å². The van der Waals surface area contributed by atoms with Crippen LogP contribution in [0.3, 0.4) is 0 Å². The van der Waals surface area contributed by atoms with Crippen LogP contribution in [0, 0.1) is 28.5 Å². The van der Waals surface area contributed by atoms with Gasteiger partial charge in [-0.25, -0.2) is 12.8 Å². The average molecular weight is 286 g/mol. The summed E-state index contributed by atoms with van der Waals surface area (Å²) in [6.45, 7) is 0. The average Bonchev–Trinajstić information content (AvgIpc) is 2.47. The largest absolute Gasteiger partial charge is 0.218 e. The van der Waals surface area contributed by atoms with Gasteiger partial charge in [0.15, 0.2) is 0 Å². The van der Waals surface area contributed by atoms with Crippen molar-refractivity contribution >= 4 is 9.84 Å². The Labute approximate surface area is 115 Å². The van der Waals surface area contributed by atoms with Crippen LogP contribution in [0.1, 0.15) is 11.1 Å². The molecular formula is C14H7FN2O2S. The minimum absolute atomic E-state index is 0.154. The third-order valence-electron chi connectivity index (χ3n) is 2.65. The zero-order valence-electron chi connectivity index (χ0n) is 10.0. The van der Waals surface area contributed by atoms with E-state index in [0.29, 0.717) is 0 Å². The lowest BCUT2D eigenvalue weighted by Gasteiger charge is -2.07. The number of nitriles is 2. The second-order valence-corrected chi connectivity index (χ2v) is 5.79. The van der Waals surface area contributed by atoms with E-state index in [0.717, 1.165) is 12.1 Å². The molecule has 0 atom stereocenters. The predicted molar refractivity (Wildman–Crippen MR) is 67.7 cm³/mol. The third kappa shape index (κ3) is 2.25. The lowest BCUT2D eigenvalue weighted by molar-refractivity contribution is 0.589. The van der Waals surface area contributed by atoms with Crippen LogP contribution in [0.15, 0.2) is 52.3 Å². The minimum atomic E-state index is -4.05. The Morgan fingerprint density at radius 2 is 1.70 bits per heavy atom. The van der Waals surface area contributed by atoms with Crippen LogP contribution < -0.4 is 0 Å². The van der Waals surface area contributed by atoms with Gasteiger partial charge in [-0.05, 0) is 30.3 Å². The van der Waals surface area contributed by atoms with Gasteiger partial charge in [0.1, 0.15) is 17.4 Å². The van der Waals surface area contributed by atoms with Gasteiger partial charge < -0.3 is 0 Å². The summed E-state index contributed by atoms with van der Waals surface area (Å²) in [5, 5.41) is 17.7. The van der Waals surface area contributed by atoms with Gasteiger partial charge >= 0.3 is 0 Å². The molecule has 4 nitrogen and oxygen atoms in total. The van der Waals surface area contributed by atoms with Gasteiger partial charge in [0, 0.05) is 0 Å². The molecule has 0 fully saturated rings. The maximum absolute atomic E-state index is 13.5. The first-order chi connectivity index (χ1) is 9.50. The molecule has 0 N–H and O–H groups in total. The Morgan fingerprint density at radius 1 is 1.00 bits per heavy atom. The summed E-state index contributed by atoms with van der Waals surface area (Å²) in [7, 11) is -4.05. The molecule has 0 heterocycles. The summed E-state index contributed by atoms with van der Waals surface area (Å²) >= 11 is 0. The first-order valence-corrected chi connectivity index (χ1v) is 6.93. The molecule has 0 aliphatic heterocycles. The predicted octanol–water partition coefficient (Wildman–Crippen LogP) is 2.40. The Hall–Kier alpha value is -2.70. The van der Waals surface area contributed by atoms with Gasteiger partial charge in [-0.2, -0.15) is 10.5 Å². The van der Waals surface area contributed by atoms with Crippen molar-refractivity contribution in [3.63, 3.8) is 0 Å². The van der Waals surface area contributed by atoms with E-state index in [9.17, 15) is 12.8 Å². The highest BCUT2D eigenvalue weighted by Gasteiger charge is 2.23. The molecule has 0 amide bonds. The third-order valence-corrected chi connectivity index (χ3v) is 4.44. The van der Waals surface area contributed by atoms with Gasteiger partial charge in [-0.3, -0.25) is 0 Å². The standard InChI is InChI=1S/C14H7FN2O2S/c15-13-5-2-6-14(12(13)9-17)20(18,19)11-4-1-3-10(7-11)8-16/h1-7H. The summed E-state index contributed by atoms with van der Waals surface area (Å²) in [6, 6.07) is 12.1. The first-order valence-electron chi connectivity index (χ1n) is 5.44. The fraction of sp³-hybridized carbons (Fsp3) is 0. The van der Waals surface area contributed by atoms with Gasteiger partial charge in [0.05, 0.1) is 21.4 Å². The summed E-state index contributed by atoms with van der Waals surface area (Å²) in [5.74, 6) is -0.898. The monoisotopic (exact) mass is 286 g/mol. The van der Waals surface area contributed by atoms with Crippen LogP contribution in [-0.2, 0) is 9.84 Å². The number of nitrogens with zero attached hydrogens (tertiary/aromatic N) is 2.